The molecule has 128 valence electrons. The first-order chi connectivity index (χ1) is 12.3. The van der Waals surface area contributed by atoms with E-state index >= 15 is 0 Å². The van der Waals surface area contributed by atoms with Crippen molar-refractivity contribution in [1.29, 1.82) is 0 Å². The maximum atomic E-state index is 11.1. The van der Waals surface area contributed by atoms with Crippen LogP contribution < -0.4 is 15.0 Å². The number of hydrogen-bond donors (Lipinski definition) is 1. The molecule has 2 heterocycles. The number of H-pyrrole nitrogens is 1. The van der Waals surface area contributed by atoms with Crippen LogP contribution in [0.1, 0.15) is 12.8 Å². The Morgan fingerprint density at radius 3 is 2.68 bits per heavy atom. The van der Waals surface area contributed by atoms with Gasteiger partial charge in [-0.3, -0.25) is 4.79 Å². The monoisotopic (exact) mass is 339 g/mol. The third kappa shape index (κ3) is 3.71. The lowest BCUT2D eigenvalue weighted by Crippen LogP contribution is -2.37. The van der Waals surface area contributed by atoms with E-state index in [0.29, 0.717) is 29.9 Å². The lowest BCUT2D eigenvalue weighted by Gasteiger charge is -2.34. The molecule has 7 nitrogen and oxygen atoms in total. The summed E-state index contributed by atoms with van der Waals surface area (Å²) < 4.78 is 16.5. The van der Waals surface area contributed by atoms with Gasteiger partial charge in [-0.25, -0.2) is 9.97 Å². The molecule has 0 aliphatic heterocycles. The summed E-state index contributed by atoms with van der Waals surface area (Å²) in [7, 11) is 0. The number of rotatable bonds is 6. The first-order valence-corrected chi connectivity index (χ1v) is 8.12. The van der Waals surface area contributed by atoms with Crippen LogP contribution in [0.25, 0.3) is 11.5 Å². The number of hydrogen-bond acceptors (Lipinski definition) is 6. The topological polar surface area (TPSA) is 90.2 Å². The summed E-state index contributed by atoms with van der Waals surface area (Å²) >= 11 is 0. The fraction of sp³-hybridized carbons (Fsp3) is 0.278. The maximum Gasteiger partial charge on any atom is 0.280 e. The molecular formula is C18H17N3O4. The Kier molecular flexibility index (Phi) is 4.20. The van der Waals surface area contributed by atoms with Crippen molar-refractivity contribution in [2.24, 2.45) is 5.92 Å². The average Bonchev–Trinajstić information content (AvgIpc) is 3.05. The largest absolute Gasteiger partial charge is 0.493 e. The SMILES string of the molecule is O=c1cc(-c2cnc(OC3CC(COc4ccccc4)C3)cn2)o[nH]1. The average molecular weight is 339 g/mol. The van der Waals surface area contributed by atoms with E-state index in [1.165, 1.54) is 18.5 Å². The fourth-order valence-corrected chi connectivity index (χ4v) is 2.72. The lowest BCUT2D eigenvalue weighted by atomic mass is 9.83. The number of aromatic nitrogens is 3. The summed E-state index contributed by atoms with van der Waals surface area (Å²) in [5, 5.41) is 2.22. The summed E-state index contributed by atoms with van der Waals surface area (Å²) in [6.45, 7) is 0.695. The fourth-order valence-electron chi connectivity index (χ4n) is 2.72. The molecule has 0 spiro atoms. The molecule has 0 saturated heterocycles. The van der Waals surface area contributed by atoms with Crippen molar-refractivity contribution in [2.75, 3.05) is 6.61 Å². The Morgan fingerprint density at radius 1 is 1.16 bits per heavy atom. The Balaban J connectivity index is 1.25. The molecule has 25 heavy (non-hydrogen) atoms. The highest BCUT2D eigenvalue weighted by molar-refractivity contribution is 5.49. The van der Waals surface area contributed by atoms with Gasteiger partial charge in [0.05, 0.1) is 25.1 Å². The molecule has 1 aliphatic carbocycles. The first-order valence-electron chi connectivity index (χ1n) is 8.12. The van der Waals surface area contributed by atoms with Crippen LogP contribution in [0.5, 0.6) is 11.6 Å². The second kappa shape index (κ2) is 6.80. The minimum absolute atomic E-state index is 0.134. The Morgan fingerprint density at radius 2 is 2.00 bits per heavy atom. The molecule has 1 saturated carbocycles. The summed E-state index contributed by atoms with van der Waals surface area (Å²) in [5.41, 5.74) is 0.170. The van der Waals surface area contributed by atoms with Crippen LogP contribution >= 0.6 is 0 Å². The number of nitrogens with zero attached hydrogens (tertiary/aromatic N) is 2. The van der Waals surface area contributed by atoms with Gasteiger partial charge in [-0.2, -0.15) is 5.16 Å². The molecule has 1 aliphatic rings. The zero-order chi connectivity index (χ0) is 17.1. The number of ether oxygens (including phenoxy) is 2. The second-order valence-electron chi connectivity index (χ2n) is 6.02. The molecule has 0 atom stereocenters. The van der Waals surface area contributed by atoms with Gasteiger partial charge >= 0.3 is 0 Å². The van der Waals surface area contributed by atoms with Crippen LogP contribution in [0.4, 0.5) is 0 Å². The normalized spacial score (nSPS) is 19.2. The van der Waals surface area contributed by atoms with Crippen LogP contribution in [-0.4, -0.2) is 27.8 Å². The predicted molar refractivity (Wildman–Crippen MR) is 89.4 cm³/mol. The van der Waals surface area contributed by atoms with E-state index in [1.54, 1.807) is 0 Å². The number of aromatic amines is 1. The Bertz CT molecular complexity index is 867. The third-order valence-electron chi connectivity index (χ3n) is 4.11. The van der Waals surface area contributed by atoms with E-state index in [2.05, 4.69) is 15.1 Å². The molecule has 7 heteroatoms. The molecule has 2 aromatic heterocycles. The first kappa shape index (κ1) is 15.4. The molecule has 0 amide bonds. The number of nitrogens with one attached hydrogen (secondary N) is 1. The van der Waals surface area contributed by atoms with Crippen molar-refractivity contribution >= 4 is 0 Å². The van der Waals surface area contributed by atoms with Crippen molar-refractivity contribution < 1.29 is 14.0 Å². The highest BCUT2D eigenvalue weighted by Gasteiger charge is 2.31. The Labute approximate surface area is 143 Å². The van der Waals surface area contributed by atoms with Crippen LogP contribution in [0.3, 0.4) is 0 Å². The van der Waals surface area contributed by atoms with Gasteiger partial charge in [0, 0.05) is 0 Å². The molecule has 0 radical (unpaired) electrons. The van der Waals surface area contributed by atoms with Gasteiger partial charge in [0.25, 0.3) is 5.56 Å². The lowest BCUT2D eigenvalue weighted by molar-refractivity contribution is 0.0353. The van der Waals surface area contributed by atoms with E-state index in [4.69, 9.17) is 14.0 Å². The van der Waals surface area contributed by atoms with Crippen molar-refractivity contribution in [3.05, 3.63) is 59.1 Å². The van der Waals surface area contributed by atoms with E-state index in [1.807, 2.05) is 30.3 Å². The Hall–Kier alpha value is -3.09. The van der Waals surface area contributed by atoms with Crippen molar-refractivity contribution in [3.8, 4) is 23.1 Å². The van der Waals surface area contributed by atoms with E-state index in [9.17, 15) is 4.79 Å². The standard InChI is InChI=1S/C18H17N3O4/c22-17-8-16(25-21-17)15-9-20-18(10-19-15)24-14-6-12(7-14)11-23-13-4-2-1-3-5-13/h1-5,8-10,12,14H,6-7,11H2,(H,21,22). The summed E-state index contributed by atoms with van der Waals surface area (Å²) in [4.78, 5) is 19.5. The van der Waals surface area contributed by atoms with Crippen LogP contribution in [-0.2, 0) is 0 Å². The van der Waals surface area contributed by atoms with Gasteiger partial charge < -0.3 is 14.0 Å². The number of para-hydroxylation sites is 1. The second-order valence-corrected chi connectivity index (χ2v) is 6.02. The van der Waals surface area contributed by atoms with E-state index < -0.39 is 0 Å². The highest BCUT2D eigenvalue weighted by Crippen LogP contribution is 2.31. The van der Waals surface area contributed by atoms with Gasteiger partial charge in [0.1, 0.15) is 17.5 Å². The molecule has 0 unspecified atom stereocenters. The van der Waals surface area contributed by atoms with Gasteiger partial charge in [-0.1, -0.05) is 18.2 Å². The molecular weight excluding hydrogens is 322 g/mol. The van der Waals surface area contributed by atoms with Gasteiger partial charge in [-0.05, 0) is 30.9 Å². The molecule has 0 bridgehead atoms. The summed E-state index contributed by atoms with van der Waals surface area (Å²) in [5.74, 6) is 2.20. The van der Waals surface area contributed by atoms with Crippen molar-refractivity contribution in [3.63, 3.8) is 0 Å². The molecule has 1 aromatic carbocycles. The van der Waals surface area contributed by atoms with Crippen LogP contribution in [0.2, 0.25) is 0 Å². The number of benzene rings is 1. The third-order valence-corrected chi connectivity index (χ3v) is 4.11. The smallest absolute Gasteiger partial charge is 0.280 e. The van der Waals surface area contributed by atoms with Crippen LogP contribution in [0.15, 0.2) is 58.1 Å². The molecule has 1 N–H and O–H groups in total. The molecule has 3 aromatic rings. The van der Waals surface area contributed by atoms with Crippen molar-refractivity contribution in [1.82, 2.24) is 15.1 Å². The highest BCUT2D eigenvalue weighted by atomic mass is 16.5. The molecule has 1 fully saturated rings. The summed E-state index contributed by atoms with van der Waals surface area (Å²) in [6, 6.07) is 11.1. The maximum absolute atomic E-state index is 11.1. The zero-order valence-electron chi connectivity index (χ0n) is 13.4. The molecule has 4 rings (SSSR count). The van der Waals surface area contributed by atoms with Gasteiger partial charge in [0.15, 0.2) is 5.76 Å². The van der Waals surface area contributed by atoms with E-state index in [-0.39, 0.29) is 11.7 Å². The van der Waals surface area contributed by atoms with Gasteiger partial charge in [0.2, 0.25) is 5.88 Å². The zero-order valence-corrected chi connectivity index (χ0v) is 13.4. The van der Waals surface area contributed by atoms with Gasteiger partial charge in [-0.15, -0.1) is 0 Å². The quantitative estimate of drug-likeness (QED) is 0.742. The summed E-state index contributed by atoms with van der Waals surface area (Å²) in [6.07, 6.45) is 5.06. The van der Waals surface area contributed by atoms with E-state index in [0.717, 1.165) is 18.6 Å². The minimum atomic E-state index is -0.310. The van der Waals surface area contributed by atoms with Crippen molar-refractivity contribution in [2.45, 2.75) is 18.9 Å². The minimum Gasteiger partial charge on any atom is -0.493 e. The predicted octanol–water partition coefficient (Wildman–Crippen LogP) is 2.66. The van der Waals surface area contributed by atoms with Crippen LogP contribution in [0, 0.1) is 5.92 Å².